The highest BCUT2D eigenvalue weighted by molar-refractivity contribution is 14.0. The van der Waals surface area contributed by atoms with E-state index >= 15 is 0 Å². The third-order valence-electron chi connectivity index (χ3n) is 5.62. The van der Waals surface area contributed by atoms with E-state index in [1.54, 1.807) is 7.05 Å². The number of halogens is 1. The van der Waals surface area contributed by atoms with E-state index in [9.17, 15) is 0 Å². The van der Waals surface area contributed by atoms with Gasteiger partial charge in [-0.15, -0.1) is 24.0 Å². The minimum Gasteiger partial charge on any atom is -0.488 e. The summed E-state index contributed by atoms with van der Waals surface area (Å²) in [6.45, 7) is 7.37. The van der Waals surface area contributed by atoms with E-state index < -0.39 is 0 Å². The number of fused-ring (bicyclic) bond motifs is 1. The van der Waals surface area contributed by atoms with Crippen molar-refractivity contribution in [2.24, 2.45) is 4.99 Å². The van der Waals surface area contributed by atoms with Gasteiger partial charge in [-0.3, -0.25) is 9.89 Å². The van der Waals surface area contributed by atoms with Gasteiger partial charge in [-0.1, -0.05) is 42.5 Å². The molecule has 0 saturated carbocycles. The second-order valence-corrected chi connectivity index (χ2v) is 8.09. The molecule has 2 aromatic rings. The number of benzene rings is 2. The minimum absolute atomic E-state index is 0. The van der Waals surface area contributed by atoms with E-state index in [0.29, 0.717) is 6.10 Å². The third kappa shape index (κ3) is 6.82. The van der Waals surface area contributed by atoms with Crippen molar-refractivity contribution in [3.63, 3.8) is 0 Å². The van der Waals surface area contributed by atoms with Crippen LogP contribution in [0.4, 0.5) is 0 Å². The number of para-hydroxylation sites is 1. The van der Waals surface area contributed by atoms with Gasteiger partial charge in [-0.2, -0.15) is 0 Å². The summed E-state index contributed by atoms with van der Waals surface area (Å²) in [6, 6.07) is 17.0. The molecule has 0 amide bonds. The van der Waals surface area contributed by atoms with E-state index in [-0.39, 0.29) is 30.1 Å². The Bertz CT molecular complexity index is 851. The van der Waals surface area contributed by atoms with Crippen molar-refractivity contribution in [3.05, 3.63) is 65.2 Å². The molecule has 6 nitrogen and oxygen atoms in total. The maximum atomic E-state index is 6.00. The molecule has 2 aliphatic heterocycles. The Balaban J connectivity index is 0.00000272. The maximum absolute atomic E-state index is 6.00. The number of rotatable bonds is 6. The molecular formula is C24H33IN4O2. The Kier molecular flexibility index (Phi) is 8.98. The molecule has 0 aliphatic carbocycles. The van der Waals surface area contributed by atoms with Crippen molar-refractivity contribution in [1.82, 2.24) is 15.5 Å². The highest BCUT2D eigenvalue weighted by atomic mass is 127. The molecule has 2 unspecified atom stereocenters. The van der Waals surface area contributed by atoms with Crippen molar-refractivity contribution >= 4 is 29.9 Å². The Morgan fingerprint density at radius 2 is 1.97 bits per heavy atom. The van der Waals surface area contributed by atoms with Crippen molar-refractivity contribution in [2.75, 3.05) is 33.3 Å². The molecule has 1 fully saturated rings. The fourth-order valence-corrected chi connectivity index (χ4v) is 4.12. The first kappa shape index (κ1) is 23.8. The zero-order valence-electron chi connectivity index (χ0n) is 18.3. The summed E-state index contributed by atoms with van der Waals surface area (Å²) in [7, 11) is 1.80. The van der Waals surface area contributed by atoms with Gasteiger partial charge in [0.1, 0.15) is 11.9 Å². The van der Waals surface area contributed by atoms with E-state index in [2.05, 4.69) is 63.8 Å². The van der Waals surface area contributed by atoms with Crippen molar-refractivity contribution < 1.29 is 9.47 Å². The molecule has 31 heavy (non-hydrogen) atoms. The predicted octanol–water partition coefficient (Wildman–Crippen LogP) is 3.19. The zero-order chi connectivity index (χ0) is 20.8. The molecule has 0 bridgehead atoms. The smallest absolute Gasteiger partial charge is 0.191 e. The average molecular weight is 536 g/mol. The first-order valence-corrected chi connectivity index (χ1v) is 10.8. The molecule has 2 aromatic carbocycles. The van der Waals surface area contributed by atoms with Crippen LogP contribution in [0.5, 0.6) is 5.75 Å². The second-order valence-electron chi connectivity index (χ2n) is 8.09. The van der Waals surface area contributed by atoms with Gasteiger partial charge in [0, 0.05) is 39.6 Å². The highest BCUT2D eigenvalue weighted by Gasteiger charge is 2.22. The highest BCUT2D eigenvalue weighted by Crippen LogP contribution is 2.27. The summed E-state index contributed by atoms with van der Waals surface area (Å²) < 4.78 is 11.6. The number of nitrogens with one attached hydrogen (secondary N) is 2. The molecular weight excluding hydrogens is 503 g/mol. The van der Waals surface area contributed by atoms with Crippen LogP contribution in [0.15, 0.2) is 53.5 Å². The lowest BCUT2D eigenvalue weighted by Crippen LogP contribution is -2.42. The molecule has 0 radical (unpaired) electrons. The van der Waals surface area contributed by atoms with Gasteiger partial charge in [-0.25, -0.2) is 0 Å². The van der Waals surface area contributed by atoms with Crippen LogP contribution < -0.4 is 15.4 Å². The number of nitrogens with zero attached hydrogens (tertiary/aromatic N) is 2. The summed E-state index contributed by atoms with van der Waals surface area (Å²) in [5.74, 6) is 1.79. The fraction of sp³-hybridized carbons (Fsp3) is 0.458. The van der Waals surface area contributed by atoms with Crippen LogP contribution in [0, 0.1) is 0 Å². The molecule has 2 aliphatic rings. The summed E-state index contributed by atoms with van der Waals surface area (Å²) in [6.07, 6.45) is 1.39. The summed E-state index contributed by atoms with van der Waals surface area (Å²) in [5, 5.41) is 6.81. The lowest BCUT2D eigenvalue weighted by molar-refractivity contribution is -0.0212. The average Bonchev–Trinajstić information content (AvgIpc) is 3.17. The van der Waals surface area contributed by atoms with Gasteiger partial charge in [0.05, 0.1) is 19.3 Å². The van der Waals surface area contributed by atoms with Gasteiger partial charge in [-0.05, 0) is 29.7 Å². The Morgan fingerprint density at radius 3 is 2.77 bits per heavy atom. The van der Waals surface area contributed by atoms with Crippen LogP contribution in [-0.4, -0.2) is 56.4 Å². The van der Waals surface area contributed by atoms with Crippen LogP contribution in [-0.2, 0) is 24.2 Å². The van der Waals surface area contributed by atoms with Gasteiger partial charge < -0.3 is 20.1 Å². The standard InChI is InChI=1S/C24H32N4O2.HI/c1-18-16-28(10-11-29-18)17-20-7-5-6-19(12-20)14-26-24(25-2)27-15-22-13-21-8-3-4-9-23(21)30-22;/h3-9,12,18,22H,10-11,13-17H2,1-2H3,(H2,25,26,27);1H. The summed E-state index contributed by atoms with van der Waals surface area (Å²) in [5.41, 5.74) is 3.86. The maximum Gasteiger partial charge on any atom is 0.191 e. The number of ether oxygens (including phenoxy) is 2. The second kappa shape index (κ2) is 11.7. The van der Waals surface area contributed by atoms with E-state index in [1.165, 1.54) is 16.7 Å². The van der Waals surface area contributed by atoms with Crippen molar-refractivity contribution in [2.45, 2.75) is 38.6 Å². The first-order chi connectivity index (χ1) is 14.7. The number of hydrogen-bond donors (Lipinski definition) is 2. The molecule has 2 N–H and O–H groups in total. The van der Waals surface area contributed by atoms with E-state index in [1.807, 2.05) is 12.1 Å². The Morgan fingerprint density at radius 1 is 1.13 bits per heavy atom. The molecule has 4 rings (SSSR count). The number of hydrogen-bond acceptors (Lipinski definition) is 4. The Labute approximate surface area is 202 Å². The molecule has 2 atom stereocenters. The normalized spacial score (nSPS) is 21.0. The predicted molar refractivity (Wildman–Crippen MR) is 135 cm³/mol. The van der Waals surface area contributed by atoms with Gasteiger partial charge in [0.25, 0.3) is 0 Å². The van der Waals surface area contributed by atoms with Crippen molar-refractivity contribution in [3.8, 4) is 5.75 Å². The molecule has 1 saturated heterocycles. The zero-order valence-corrected chi connectivity index (χ0v) is 20.7. The van der Waals surface area contributed by atoms with Gasteiger partial charge in [0.15, 0.2) is 5.96 Å². The molecule has 7 heteroatoms. The van der Waals surface area contributed by atoms with Crippen molar-refractivity contribution in [1.29, 1.82) is 0 Å². The van der Waals surface area contributed by atoms with Gasteiger partial charge >= 0.3 is 0 Å². The third-order valence-corrected chi connectivity index (χ3v) is 5.62. The molecule has 2 heterocycles. The fourth-order valence-electron chi connectivity index (χ4n) is 4.12. The monoisotopic (exact) mass is 536 g/mol. The minimum atomic E-state index is 0. The SMILES string of the molecule is CN=C(NCc1cccc(CN2CCOC(C)C2)c1)NCC1Cc2ccccc2O1.I. The summed E-state index contributed by atoms with van der Waals surface area (Å²) in [4.78, 5) is 6.81. The number of morpholine rings is 1. The van der Waals surface area contributed by atoms with Crippen LogP contribution in [0.2, 0.25) is 0 Å². The van der Waals surface area contributed by atoms with Crippen LogP contribution in [0.1, 0.15) is 23.6 Å². The van der Waals surface area contributed by atoms with Crippen LogP contribution >= 0.6 is 24.0 Å². The molecule has 0 spiro atoms. The molecule has 168 valence electrons. The van der Waals surface area contributed by atoms with Crippen LogP contribution in [0.3, 0.4) is 0 Å². The largest absolute Gasteiger partial charge is 0.488 e. The molecule has 0 aromatic heterocycles. The summed E-state index contributed by atoms with van der Waals surface area (Å²) >= 11 is 0. The first-order valence-electron chi connectivity index (χ1n) is 10.8. The van der Waals surface area contributed by atoms with E-state index in [4.69, 9.17) is 9.47 Å². The number of guanidine groups is 1. The van der Waals surface area contributed by atoms with Gasteiger partial charge in [0.2, 0.25) is 0 Å². The topological polar surface area (TPSA) is 58.1 Å². The lowest BCUT2D eigenvalue weighted by Gasteiger charge is -2.31. The Hall–Kier alpha value is -1.84. The van der Waals surface area contributed by atoms with Crippen LogP contribution in [0.25, 0.3) is 0 Å². The quantitative estimate of drug-likeness (QED) is 0.338. The number of aliphatic imine (C=N–C) groups is 1. The van der Waals surface area contributed by atoms with E-state index in [0.717, 1.165) is 57.5 Å². The lowest BCUT2D eigenvalue weighted by atomic mass is 10.1.